The first-order chi connectivity index (χ1) is 8.67. The van der Waals surface area contributed by atoms with Gasteiger partial charge in [0.1, 0.15) is 0 Å². The Kier molecular flexibility index (Phi) is 5.34. The van der Waals surface area contributed by atoms with Crippen LogP contribution in [0.4, 0.5) is 0 Å². The average Bonchev–Trinajstić information content (AvgIpc) is 2.36. The normalized spacial score (nSPS) is 24.8. The molecule has 0 spiro atoms. The fourth-order valence-electron chi connectivity index (χ4n) is 2.35. The van der Waals surface area contributed by atoms with E-state index in [0.29, 0.717) is 13.1 Å². The SMILES string of the molecule is CC(N)C1CCCN(S(=O)(=O)C(C)C(=O)N(C)C)C1. The zero-order valence-electron chi connectivity index (χ0n) is 12.2. The first-order valence-electron chi connectivity index (χ1n) is 6.63. The van der Waals surface area contributed by atoms with Gasteiger partial charge in [-0.15, -0.1) is 0 Å². The molecule has 112 valence electrons. The number of hydrogen-bond acceptors (Lipinski definition) is 4. The molecule has 1 rings (SSSR count). The van der Waals surface area contributed by atoms with Crippen molar-refractivity contribution < 1.29 is 13.2 Å². The maximum Gasteiger partial charge on any atom is 0.241 e. The van der Waals surface area contributed by atoms with Crippen molar-refractivity contribution in [3.05, 3.63) is 0 Å². The summed E-state index contributed by atoms with van der Waals surface area (Å²) in [6, 6.07) is -0.0298. The van der Waals surface area contributed by atoms with Gasteiger partial charge in [-0.05, 0) is 32.6 Å². The predicted octanol–water partition coefficient (Wildman–Crippen LogP) is -0.148. The van der Waals surface area contributed by atoms with E-state index in [9.17, 15) is 13.2 Å². The first-order valence-corrected chi connectivity index (χ1v) is 8.14. The molecule has 1 fully saturated rings. The van der Waals surface area contributed by atoms with Crippen LogP contribution in [0.2, 0.25) is 0 Å². The highest BCUT2D eigenvalue weighted by molar-refractivity contribution is 7.90. The first kappa shape index (κ1) is 16.4. The Balaban J connectivity index is 2.85. The van der Waals surface area contributed by atoms with Crippen LogP contribution < -0.4 is 5.73 Å². The Bertz CT molecular complexity index is 420. The number of sulfonamides is 1. The number of nitrogens with two attached hydrogens (primary N) is 1. The Morgan fingerprint density at radius 1 is 1.37 bits per heavy atom. The van der Waals surface area contributed by atoms with Gasteiger partial charge in [-0.25, -0.2) is 12.7 Å². The average molecular weight is 291 g/mol. The van der Waals surface area contributed by atoms with E-state index in [4.69, 9.17) is 5.73 Å². The van der Waals surface area contributed by atoms with Crippen molar-refractivity contribution in [3.8, 4) is 0 Å². The minimum atomic E-state index is -3.59. The minimum Gasteiger partial charge on any atom is -0.348 e. The topological polar surface area (TPSA) is 83.7 Å². The number of piperidine rings is 1. The van der Waals surface area contributed by atoms with Crippen molar-refractivity contribution in [1.82, 2.24) is 9.21 Å². The van der Waals surface area contributed by atoms with Crippen molar-refractivity contribution in [2.24, 2.45) is 11.7 Å². The van der Waals surface area contributed by atoms with Crippen LogP contribution in [-0.2, 0) is 14.8 Å². The van der Waals surface area contributed by atoms with Gasteiger partial charge in [0.2, 0.25) is 15.9 Å². The molecule has 6 nitrogen and oxygen atoms in total. The van der Waals surface area contributed by atoms with Crippen LogP contribution in [0.5, 0.6) is 0 Å². The molecule has 3 unspecified atom stereocenters. The van der Waals surface area contributed by atoms with Crippen LogP contribution in [0.1, 0.15) is 26.7 Å². The summed E-state index contributed by atoms with van der Waals surface area (Å²) in [5.74, 6) is -0.215. The molecule has 1 saturated heterocycles. The van der Waals surface area contributed by atoms with Crippen LogP contribution in [0.3, 0.4) is 0 Å². The Hall–Kier alpha value is -0.660. The van der Waals surface area contributed by atoms with E-state index in [2.05, 4.69) is 0 Å². The lowest BCUT2D eigenvalue weighted by Gasteiger charge is -2.35. The van der Waals surface area contributed by atoms with E-state index in [0.717, 1.165) is 12.8 Å². The van der Waals surface area contributed by atoms with Gasteiger partial charge < -0.3 is 10.6 Å². The molecule has 19 heavy (non-hydrogen) atoms. The molecule has 0 radical (unpaired) electrons. The van der Waals surface area contributed by atoms with Crippen molar-refractivity contribution in [3.63, 3.8) is 0 Å². The summed E-state index contributed by atoms with van der Waals surface area (Å²) in [5.41, 5.74) is 5.86. The van der Waals surface area contributed by atoms with E-state index in [-0.39, 0.29) is 17.9 Å². The summed E-state index contributed by atoms with van der Waals surface area (Å²) >= 11 is 0. The quantitative estimate of drug-likeness (QED) is 0.781. The number of carbonyl (C=O) groups excluding carboxylic acids is 1. The lowest BCUT2D eigenvalue weighted by Crippen LogP contribution is -2.50. The smallest absolute Gasteiger partial charge is 0.241 e. The molecule has 0 bridgehead atoms. The highest BCUT2D eigenvalue weighted by atomic mass is 32.2. The molecule has 1 aliphatic heterocycles. The molecule has 0 aromatic rings. The van der Waals surface area contributed by atoms with Crippen LogP contribution in [-0.4, -0.2) is 62.0 Å². The van der Waals surface area contributed by atoms with Crippen molar-refractivity contribution >= 4 is 15.9 Å². The molecule has 7 heteroatoms. The standard InChI is InChI=1S/C12H25N3O3S/c1-9(13)11-6-5-7-15(8-11)19(17,18)10(2)12(16)14(3)4/h9-11H,5-8,13H2,1-4H3. The second-order valence-corrected chi connectivity index (χ2v) is 7.79. The number of hydrogen-bond donors (Lipinski definition) is 1. The predicted molar refractivity (Wildman–Crippen MR) is 75.0 cm³/mol. The monoisotopic (exact) mass is 291 g/mol. The molecule has 1 heterocycles. The van der Waals surface area contributed by atoms with Gasteiger partial charge in [0.25, 0.3) is 0 Å². The van der Waals surface area contributed by atoms with Crippen LogP contribution in [0.25, 0.3) is 0 Å². The van der Waals surface area contributed by atoms with E-state index in [1.165, 1.54) is 16.1 Å². The van der Waals surface area contributed by atoms with E-state index < -0.39 is 15.3 Å². The number of rotatable bonds is 4. The molecular formula is C12H25N3O3S. The summed E-state index contributed by atoms with van der Waals surface area (Å²) in [6.45, 7) is 4.25. The molecule has 0 aliphatic carbocycles. The van der Waals surface area contributed by atoms with E-state index in [1.807, 2.05) is 6.92 Å². The van der Waals surface area contributed by atoms with Crippen LogP contribution in [0.15, 0.2) is 0 Å². The number of carbonyl (C=O) groups is 1. The van der Waals surface area contributed by atoms with Crippen LogP contribution >= 0.6 is 0 Å². The summed E-state index contributed by atoms with van der Waals surface area (Å²) in [6.07, 6.45) is 1.74. The molecule has 2 N–H and O–H groups in total. The van der Waals surface area contributed by atoms with Crippen molar-refractivity contribution in [2.75, 3.05) is 27.2 Å². The zero-order chi connectivity index (χ0) is 14.8. The molecule has 0 aromatic carbocycles. The number of amides is 1. The third kappa shape index (κ3) is 3.67. The third-order valence-electron chi connectivity index (χ3n) is 3.76. The second kappa shape index (κ2) is 6.19. The highest BCUT2D eigenvalue weighted by Crippen LogP contribution is 2.23. The summed E-state index contributed by atoms with van der Waals surface area (Å²) in [7, 11) is -0.457. The maximum atomic E-state index is 12.4. The fraction of sp³-hybridized carbons (Fsp3) is 0.917. The van der Waals surface area contributed by atoms with Gasteiger partial charge >= 0.3 is 0 Å². The highest BCUT2D eigenvalue weighted by Gasteiger charge is 2.37. The molecular weight excluding hydrogens is 266 g/mol. The molecule has 1 aliphatic rings. The van der Waals surface area contributed by atoms with Crippen molar-refractivity contribution in [2.45, 2.75) is 38.0 Å². The number of nitrogens with zero attached hydrogens (tertiary/aromatic N) is 2. The Morgan fingerprint density at radius 2 is 1.95 bits per heavy atom. The fourth-order valence-corrected chi connectivity index (χ4v) is 4.04. The zero-order valence-corrected chi connectivity index (χ0v) is 13.0. The summed E-state index contributed by atoms with van der Waals surface area (Å²) in [4.78, 5) is 13.2. The third-order valence-corrected chi connectivity index (χ3v) is 5.91. The molecule has 1 amide bonds. The molecule has 0 saturated carbocycles. The summed E-state index contributed by atoms with van der Waals surface area (Å²) in [5, 5.41) is -1.03. The lowest BCUT2D eigenvalue weighted by molar-refractivity contribution is -0.128. The Labute approximate surface area is 116 Å². The van der Waals surface area contributed by atoms with E-state index >= 15 is 0 Å². The van der Waals surface area contributed by atoms with Gasteiger partial charge in [0, 0.05) is 33.2 Å². The largest absolute Gasteiger partial charge is 0.348 e. The Morgan fingerprint density at radius 3 is 2.42 bits per heavy atom. The second-order valence-electron chi connectivity index (χ2n) is 5.54. The van der Waals surface area contributed by atoms with Gasteiger partial charge in [-0.2, -0.15) is 0 Å². The van der Waals surface area contributed by atoms with E-state index in [1.54, 1.807) is 14.1 Å². The lowest BCUT2D eigenvalue weighted by atomic mass is 9.93. The van der Waals surface area contributed by atoms with Crippen LogP contribution in [0, 0.1) is 5.92 Å². The van der Waals surface area contributed by atoms with Gasteiger partial charge in [0.15, 0.2) is 5.25 Å². The van der Waals surface area contributed by atoms with Gasteiger partial charge in [0.05, 0.1) is 0 Å². The van der Waals surface area contributed by atoms with Gasteiger partial charge in [-0.1, -0.05) is 0 Å². The van der Waals surface area contributed by atoms with Crippen molar-refractivity contribution in [1.29, 1.82) is 0 Å². The minimum absolute atomic E-state index is 0.0298. The molecule has 0 aromatic heterocycles. The summed E-state index contributed by atoms with van der Waals surface area (Å²) < 4.78 is 26.3. The maximum absolute atomic E-state index is 12.4. The molecule has 3 atom stereocenters. The van der Waals surface area contributed by atoms with Gasteiger partial charge in [-0.3, -0.25) is 4.79 Å².